The van der Waals surface area contributed by atoms with Gasteiger partial charge in [0.05, 0.1) is 0 Å². The number of ketones is 2. The van der Waals surface area contributed by atoms with Gasteiger partial charge >= 0.3 is 0 Å². The van der Waals surface area contributed by atoms with Crippen LogP contribution in [0.15, 0.2) is 60.7 Å². The monoisotopic (exact) mass is 492 g/mol. The number of carbonyl (C=O) groups is 2. The third-order valence-electron chi connectivity index (χ3n) is 6.84. The van der Waals surface area contributed by atoms with Crippen LogP contribution in [0.4, 0.5) is 0 Å². The zero-order chi connectivity index (χ0) is 26.2. The molecule has 0 amide bonds. The van der Waals surface area contributed by atoms with Crippen LogP contribution >= 0.6 is 0 Å². The van der Waals surface area contributed by atoms with E-state index in [1.54, 1.807) is 0 Å². The van der Waals surface area contributed by atoms with Crippen LogP contribution in [0.25, 0.3) is 0 Å². The normalized spacial score (nSPS) is 13.2. The Morgan fingerprint density at radius 2 is 0.861 bits per heavy atom. The fraction of sp³-hybridized carbons (Fsp3) is 0.562. The highest BCUT2D eigenvalue weighted by molar-refractivity contribution is 5.99. The fourth-order valence-corrected chi connectivity index (χ4v) is 5.17. The van der Waals surface area contributed by atoms with E-state index in [4.69, 9.17) is 0 Å². The molecule has 2 atom stereocenters. The van der Waals surface area contributed by atoms with Crippen molar-refractivity contribution in [2.75, 3.05) is 39.3 Å². The first-order valence-electron chi connectivity index (χ1n) is 14.2. The molecule has 198 valence electrons. The molecule has 0 spiro atoms. The van der Waals surface area contributed by atoms with Crippen LogP contribution in [-0.4, -0.2) is 60.6 Å². The topological polar surface area (TPSA) is 40.6 Å². The minimum Gasteiger partial charge on any atom is -0.303 e. The minimum absolute atomic E-state index is 0.109. The summed E-state index contributed by atoms with van der Waals surface area (Å²) >= 11 is 0. The summed E-state index contributed by atoms with van der Waals surface area (Å²) in [5.41, 5.74) is 1.56. The summed E-state index contributed by atoms with van der Waals surface area (Å²) in [6.45, 7) is 14.3. The van der Waals surface area contributed by atoms with Crippen molar-refractivity contribution in [3.05, 3.63) is 71.8 Å². The summed E-state index contributed by atoms with van der Waals surface area (Å²) in [6.07, 6.45) is 5.75. The average molecular weight is 493 g/mol. The highest BCUT2D eigenvalue weighted by Gasteiger charge is 2.28. The predicted molar refractivity (Wildman–Crippen MR) is 152 cm³/mol. The molecule has 0 aliphatic rings. The summed E-state index contributed by atoms with van der Waals surface area (Å²) in [5.74, 6) is 0.195. The molecule has 0 heterocycles. The molecular formula is C32H48N2O2. The zero-order valence-electron chi connectivity index (χ0n) is 23.1. The molecule has 0 bridgehead atoms. The molecule has 0 radical (unpaired) electrons. The Morgan fingerprint density at radius 3 is 1.14 bits per heavy atom. The van der Waals surface area contributed by atoms with Gasteiger partial charge in [0.15, 0.2) is 11.6 Å². The van der Waals surface area contributed by atoms with Crippen LogP contribution < -0.4 is 0 Å². The van der Waals surface area contributed by atoms with Gasteiger partial charge < -0.3 is 9.80 Å². The second kappa shape index (κ2) is 17.2. The fourth-order valence-electron chi connectivity index (χ4n) is 5.17. The van der Waals surface area contributed by atoms with E-state index in [0.717, 1.165) is 88.9 Å². The molecule has 2 aromatic carbocycles. The summed E-state index contributed by atoms with van der Waals surface area (Å²) in [4.78, 5) is 32.2. The summed E-state index contributed by atoms with van der Waals surface area (Å²) in [6, 6.07) is 19.4. The lowest BCUT2D eigenvalue weighted by atomic mass is 9.86. The first kappa shape index (κ1) is 29.9. The van der Waals surface area contributed by atoms with E-state index in [0.29, 0.717) is 0 Å². The zero-order valence-corrected chi connectivity index (χ0v) is 23.1. The molecule has 0 N–H and O–H groups in total. The maximum atomic E-state index is 13.6. The molecule has 36 heavy (non-hydrogen) atoms. The van der Waals surface area contributed by atoms with Gasteiger partial charge in [0.25, 0.3) is 0 Å². The van der Waals surface area contributed by atoms with E-state index in [2.05, 4.69) is 37.5 Å². The number of Topliss-reactive ketones (excluding diaryl/α,β-unsaturated/α-hetero) is 2. The Bertz CT molecular complexity index is 783. The Kier molecular flexibility index (Phi) is 14.3. The number of nitrogens with zero attached hydrogens (tertiary/aromatic N) is 2. The summed E-state index contributed by atoms with van der Waals surface area (Å²) in [7, 11) is 0. The molecule has 0 fully saturated rings. The van der Waals surface area contributed by atoms with Gasteiger partial charge in [0, 0.05) is 36.1 Å². The van der Waals surface area contributed by atoms with Crippen LogP contribution in [-0.2, 0) is 0 Å². The van der Waals surface area contributed by atoms with Crippen LogP contribution in [0.2, 0.25) is 0 Å². The molecule has 0 saturated carbocycles. The van der Waals surface area contributed by atoms with Crippen molar-refractivity contribution >= 4 is 11.6 Å². The van der Waals surface area contributed by atoms with Gasteiger partial charge in [-0.1, -0.05) is 88.4 Å². The van der Waals surface area contributed by atoms with Crippen molar-refractivity contribution in [1.29, 1.82) is 0 Å². The summed E-state index contributed by atoms with van der Waals surface area (Å²) < 4.78 is 0. The molecule has 0 saturated heterocycles. The van der Waals surface area contributed by atoms with E-state index in [-0.39, 0.29) is 23.4 Å². The Morgan fingerprint density at radius 1 is 0.556 bits per heavy atom. The molecule has 4 heteroatoms. The third-order valence-corrected chi connectivity index (χ3v) is 6.84. The largest absolute Gasteiger partial charge is 0.303 e. The lowest BCUT2D eigenvalue weighted by Gasteiger charge is -2.29. The first-order valence-corrected chi connectivity index (χ1v) is 14.2. The Balaban J connectivity index is 2.27. The van der Waals surface area contributed by atoms with E-state index in [1.165, 1.54) is 0 Å². The van der Waals surface area contributed by atoms with Crippen molar-refractivity contribution in [2.24, 2.45) is 11.8 Å². The molecule has 0 aliphatic carbocycles. The number of hydrogen-bond acceptors (Lipinski definition) is 4. The van der Waals surface area contributed by atoms with Crippen molar-refractivity contribution in [2.45, 2.75) is 66.2 Å². The van der Waals surface area contributed by atoms with E-state index >= 15 is 0 Å². The molecule has 0 aliphatic heterocycles. The molecular weight excluding hydrogens is 444 g/mol. The van der Waals surface area contributed by atoms with Gasteiger partial charge in [-0.2, -0.15) is 0 Å². The highest BCUT2D eigenvalue weighted by Crippen LogP contribution is 2.23. The number of rotatable bonds is 19. The van der Waals surface area contributed by atoms with Gasteiger partial charge in [-0.15, -0.1) is 0 Å². The van der Waals surface area contributed by atoms with Crippen molar-refractivity contribution in [1.82, 2.24) is 9.80 Å². The SMILES string of the molecule is CCCN(CCC)C[C@H](CC[C@@H](CN(CCC)CCC)C(=O)c1ccccc1)C(=O)c1ccccc1. The third kappa shape index (κ3) is 9.99. The van der Waals surface area contributed by atoms with Gasteiger partial charge in [0.2, 0.25) is 0 Å². The highest BCUT2D eigenvalue weighted by atomic mass is 16.1. The second-order valence-electron chi connectivity index (χ2n) is 10.0. The maximum Gasteiger partial charge on any atom is 0.167 e. The van der Waals surface area contributed by atoms with Gasteiger partial charge in [-0.3, -0.25) is 9.59 Å². The predicted octanol–water partition coefficient (Wildman–Crippen LogP) is 7.01. The lowest BCUT2D eigenvalue weighted by molar-refractivity contribution is 0.0808. The molecule has 0 unspecified atom stereocenters. The Labute approximate surface area is 220 Å². The Hall–Kier alpha value is -2.30. The van der Waals surface area contributed by atoms with E-state index < -0.39 is 0 Å². The van der Waals surface area contributed by atoms with Crippen LogP contribution in [0.5, 0.6) is 0 Å². The number of hydrogen-bond donors (Lipinski definition) is 0. The van der Waals surface area contributed by atoms with Crippen molar-refractivity contribution in [3.8, 4) is 0 Å². The standard InChI is InChI=1S/C32H48N2O2/c1-5-21-33(22-6-2)25-29(31(35)27-15-11-9-12-16-27)19-20-30(26-34(23-7-3)24-8-4)32(36)28-17-13-10-14-18-28/h9-18,29-30H,5-8,19-26H2,1-4H3/t29-,30-/m0/s1. The molecule has 0 aromatic heterocycles. The maximum absolute atomic E-state index is 13.6. The van der Waals surface area contributed by atoms with E-state index in [9.17, 15) is 9.59 Å². The number of carbonyl (C=O) groups excluding carboxylic acids is 2. The first-order chi connectivity index (χ1) is 17.5. The molecule has 2 aromatic rings. The lowest BCUT2D eigenvalue weighted by Crippen LogP contribution is -2.37. The van der Waals surface area contributed by atoms with Gasteiger partial charge in [-0.25, -0.2) is 0 Å². The molecule has 2 rings (SSSR count). The molecule has 4 nitrogen and oxygen atoms in total. The van der Waals surface area contributed by atoms with Gasteiger partial charge in [0.1, 0.15) is 0 Å². The minimum atomic E-state index is -0.109. The summed E-state index contributed by atoms with van der Waals surface area (Å²) in [5, 5.41) is 0. The smallest absolute Gasteiger partial charge is 0.167 e. The second-order valence-corrected chi connectivity index (χ2v) is 10.0. The van der Waals surface area contributed by atoms with E-state index in [1.807, 2.05) is 60.7 Å². The average Bonchev–Trinajstić information content (AvgIpc) is 2.90. The van der Waals surface area contributed by atoms with Gasteiger partial charge in [-0.05, 0) is 64.7 Å². The quantitative estimate of drug-likeness (QED) is 0.198. The number of benzene rings is 2. The van der Waals surface area contributed by atoms with Crippen molar-refractivity contribution < 1.29 is 9.59 Å². The van der Waals surface area contributed by atoms with Crippen LogP contribution in [0.3, 0.4) is 0 Å². The van der Waals surface area contributed by atoms with Crippen LogP contribution in [0, 0.1) is 11.8 Å². The van der Waals surface area contributed by atoms with Crippen LogP contribution in [0.1, 0.15) is 86.9 Å². The van der Waals surface area contributed by atoms with Crippen molar-refractivity contribution in [3.63, 3.8) is 0 Å².